The third kappa shape index (κ3) is 2.69. The van der Waals surface area contributed by atoms with Gasteiger partial charge < -0.3 is 4.74 Å². The van der Waals surface area contributed by atoms with Crippen LogP contribution >= 0.6 is 10.7 Å². The van der Waals surface area contributed by atoms with Crippen molar-refractivity contribution in [2.24, 2.45) is 0 Å². The Kier molecular flexibility index (Phi) is 3.84. The highest BCUT2D eigenvalue weighted by Gasteiger charge is 2.16. The molecule has 86 valence electrons. The van der Waals surface area contributed by atoms with Crippen LogP contribution in [0.3, 0.4) is 0 Å². The van der Waals surface area contributed by atoms with Crippen molar-refractivity contribution < 1.29 is 13.2 Å². The topological polar surface area (TPSA) is 43.4 Å². The van der Waals surface area contributed by atoms with Crippen molar-refractivity contribution in [1.29, 1.82) is 0 Å². The Balaban J connectivity index is 3.25. The zero-order valence-electron chi connectivity index (χ0n) is 8.95. The summed E-state index contributed by atoms with van der Waals surface area (Å²) in [5.74, 6) is 2.91. The predicted octanol–water partition coefficient (Wildman–Crippen LogP) is 2.24. The van der Waals surface area contributed by atoms with Crippen LogP contribution in [0.1, 0.15) is 11.1 Å². The van der Waals surface area contributed by atoms with Crippen LogP contribution in [0, 0.1) is 26.2 Å². The number of rotatable bonds is 3. The smallest absolute Gasteiger partial charge is 0.261 e. The molecule has 0 saturated heterocycles. The maximum atomic E-state index is 11.2. The lowest BCUT2D eigenvalue weighted by Gasteiger charge is -2.11. The lowest BCUT2D eigenvalue weighted by Crippen LogP contribution is -2.01. The first-order valence-electron chi connectivity index (χ1n) is 4.49. The molecule has 0 bridgehead atoms. The van der Waals surface area contributed by atoms with E-state index in [0.717, 1.165) is 5.56 Å². The van der Waals surface area contributed by atoms with E-state index in [4.69, 9.17) is 21.8 Å². The molecule has 0 spiro atoms. The van der Waals surface area contributed by atoms with E-state index in [0.29, 0.717) is 11.3 Å². The minimum atomic E-state index is -3.72. The molecule has 0 aromatic heterocycles. The number of terminal acetylenes is 1. The van der Waals surface area contributed by atoms with Crippen LogP contribution in [-0.2, 0) is 9.05 Å². The van der Waals surface area contributed by atoms with Gasteiger partial charge in [0.2, 0.25) is 0 Å². The Bertz CT molecular complexity index is 541. The molecule has 1 aromatic rings. The number of ether oxygens (including phenoxy) is 1. The van der Waals surface area contributed by atoms with E-state index in [2.05, 4.69) is 5.92 Å². The highest BCUT2D eigenvalue weighted by Crippen LogP contribution is 2.28. The van der Waals surface area contributed by atoms with Gasteiger partial charge in [-0.2, -0.15) is 0 Å². The van der Waals surface area contributed by atoms with Crippen molar-refractivity contribution in [1.82, 2.24) is 0 Å². The van der Waals surface area contributed by atoms with Crippen LogP contribution in [0.15, 0.2) is 17.0 Å². The third-order valence-electron chi connectivity index (χ3n) is 2.26. The van der Waals surface area contributed by atoms with Crippen LogP contribution in [-0.4, -0.2) is 15.0 Å². The van der Waals surface area contributed by atoms with Crippen LogP contribution < -0.4 is 4.74 Å². The molecule has 0 fully saturated rings. The van der Waals surface area contributed by atoms with Gasteiger partial charge >= 0.3 is 0 Å². The molecule has 0 aliphatic carbocycles. The monoisotopic (exact) mass is 258 g/mol. The molecule has 0 amide bonds. The van der Waals surface area contributed by atoms with Gasteiger partial charge in [0, 0.05) is 10.7 Å². The fraction of sp³-hybridized carbons (Fsp3) is 0.273. The molecular formula is C11H11ClO3S. The molecular weight excluding hydrogens is 248 g/mol. The fourth-order valence-corrected chi connectivity index (χ4v) is 2.56. The standard InChI is InChI=1S/C11H11ClO3S/c1-4-7-15-10-5-6-11(16(12,13)14)9(3)8(10)2/h1,5-6H,7H2,2-3H3. The minimum absolute atomic E-state index is 0.0970. The minimum Gasteiger partial charge on any atom is -0.481 e. The Morgan fingerprint density at radius 1 is 1.38 bits per heavy atom. The summed E-state index contributed by atoms with van der Waals surface area (Å²) in [5, 5.41) is 0. The van der Waals surface area contributed by atoms with E-state index < -0.39 is 9.05 Å². The summed E-state index contributed by atoms with van der Waals surface area (Å²) in [4.78, 5) is 0.0970. The molecule has 0 unspecified atom stereocenters. The molecule has 0 aliphatic rings. The Morgan fingerprint density at radius 2 is 2.00 bits per heavy atom. The first kappa shape index (κ1) is 12.9. The van der Waals surface area contributed by atoms with E-state index in [9.17, 15) is 8.42 Å². The average Bonchev–Trinajstić information content (AvgIpc) is 2.18. The summed E-state index contributed by atoms with van der Waals surface area (Å²) in [6, 6.07) is 2.96. The fourth-order valence-electron chi connectivity index (χ4n) is 1.31. The van der Waals surface area contributed by atoms with Gasteiger partial charge in [0.1, 0.15) is 12.4 Å². The van der Waals surface area contributed by atoms with Crippen molar-refractivity contribution in [2.75, 3.05) is 6.61 Å². The molecule has 0 radical (unpaired) electrons. The highest BCUT2D eigenvalue weighted by atomic mass is 35.7. The second-order valence-electron chi connectivity index (χ2n) is 3.24. The molecule has 1 rings (SSSR count). The predicted molar refractivity (Wildman–Crippen MR) is 63.3 cm³/mol. The summed E-state index contributed by atoms with van der Waals surface area (Å²) in [6.45, 7) is 3.58. The molecule has 16 heavy (non-hydrogen) atoms. The molecule has 0 saturated carbocycles. The summed E-state index contributed by atoms with van der Waals surface area (Å²) in [7, 11) is 1.57. The van der Waals surface area contributed by atoms with E-state index in [1.807, 2.05) is 0 Å². The first-order valence-corrected chi connectivity index (χ1v) is 6.80. The van der Waals surface area contributed by atoms with Crippen molar-refractivity contribution in [3.63, 3.8) is 0 Å². The van der Waals surface area contributed by atoms with E-state index in [1.165, 1.54) is 6.07 Å². The Labute approximate surface area is 99.8 Å². The molecule has 0 N–H and O–H groups in total. The van der Waals surface area contributed by atoms with Gasteiger partial charge in [-0.1, -0.05) is 5.92 Å². The van der Waals surface area contributed by atoms with Gasteiger partial charge in [-0.25, -0.2) is 8.42 Å². The molecule has 0 aliphatic heterocycles. The molecule has 0 heterocycles. The van der Waals surface area contributed by atoms with Crippen molar-refractivity contribution >= 4 is 19.7 Å². The number of hydrogen-bond acceptors (Lipinski definition) is 3. The van der Waals surface area contributed by atoms with E-state index in [-0.39, 0.29) is 11.5 Å². The Morgan fingerprint density at radius 3 is 2.50 bits per heavy atom. The quantitative estimate of drug-likeness (QED) is 0.617. The van der Waals surface area contributed by atoms with Crippen molar-refractivity contribution in [3.05, 3.63) is 23.3 Å². The van der Waals surface area contributed by atoms with E-state index >= 15 is 0 Å². The zero-order chi connectivity index (χ0) is 12.3. The van der Waals surface area contributed by atoms with Gasteiger partial charge in [-0.15, -0.1) is 6.42 Å². The number of benzene rings is 1. The SMILES string of the molecule is C#CCOc1ccc(S(=O)(=O)Cl)c(C)c1C. The normalized spacial score (nSPS) is 10.9. The lowest BCUT2D eigenvalue weighted by molar-refractivity contribution is 0.367. The van der Waals surface area contributed by atoms with E-state index in [1.54, 1.807) is 19.9 Å². The third-order valence-corrected chi connectivity index (χ3v) is 3.73. The maximum Gasteiger partial charge on any atom is 0.261 e. The molecule has 1 aromatic carbocycles. The number of halogens is 1. The van der Waals surface area contributed by atoms with Crippen molar-refractivity contribution in [2.45, 2.75) is 18.7 Å². The number of hydrogen-bond donors (Lipinski definition) is 0. The molecule has 5 heteroatoms. The van der Waals surface area contributed by atoms with Crippen LogP contribution in [0.4, 0.5) is 0 Å². The average molecular weight is 259 g/mol. The summed E-state index contributed by atoms with van der Waals surface area (Å²) >= 11 is 0. The second kappa shape index (κ2) is 4.77. The zero-order valence-corrected chi connectivity index (χ0v) is 10.5. The highest BCUT2D eigenvalue weighted by molar-refractivity contribution is 8.13. The van der Waals surface area contributed by atoms with Crippen LogP contribution in [0.25, 0.3) is 0 Å². The largest absolute Gasteiger partial charge is 0.481 e. The first-order chi connectivity index (χ1) is 7.38. The van der Waals surface area contributed by atoms with Crippen LogP contribution in [0.5, 0.6) is 5.75 Å². The summed E-state index contributed by atoms with van der Waals surface area (Å²) in [5.41, 5.74) is 1.29. The van der Waals surface area contributed by atoms with Gasteiger partial charge in [-0.3, -0.25) is 0 Å². The van der Waals surface area contributed by atoms with Crippen LogP contribution in [0.2, 0.25) is 0 Å². The maximum absolute atomic E-state index is 11.2. The molecule has 0 atom stereocenters. The van der Waals surface area contributed by atoms with Gasteiger partial charge in [0.05, 0.1) is 4.90 Å². The lowest BCUT2D eigenvalue weighted by atomic mass is 10.1. The summed E-state index contributed by atoms with van der Waals surface area (Å²) in [6.07, 6.45) is 5.07. The second-order valence-corrected chi connectivity index (χ2v) is 5.78. The summed E-state index contributed by atoms with van der Waals surface area (Å²) < 4.78 is 27.7. The Hall–Kier alpha value is -1.18. The van der Waals surface area contributed by atoms with Gasteiger partial charge in [0.15, 0.2) is 0 Å². The molecule has 3 nitrogen and oxygen atoms in total. The van der Waals surface area contributed by atoms with Gasteiger partial charge in [-0.05, 0) is 37.1 Å². The van der Waals surface area contributed by atoms with Gasteiger partial charge in [0.25, 0.3) is 9.05 Å². The van der Waals surface area contributed by atoms with Crippen molar-refractivity contribution in [3.8, 4) is 18.1 Å².